The summed E-state index contributed by atoms with van der Waals surface area (Å²) in [4.78, 5) is 15.7. The summed E-state index contributed by atoms with van der Waals surface area (Å²) in [7, 11) is 0. The Bertz CT molecular complexity index is 610. The van der Waals surface area contributed by atoms with Crippen molar-refractivity contribution in [2.24, 2.45) is 0 Å². The second-order valence-corrected chi connectivity index (χ2v) is 4.65. The van der Waals surface area contributed by atoms with Gasteiger partial charge in [-0.2, -0.15) is 5.10 Å². The highest BCUT2D eigenvalue weighted by Crippen LogP contribution is 2.16. The molecule has 2 N–H and O–H groups in total. The van der Waals surface area contributed by atoms with Gasteiger partial charge in [-0.1, -0.05) is 17.7 Å². The number of ether oxygens (including phenoxy) is 1. The fourth-order valence-electron chi connectivity index (χ4n) is 1.55. The zero-order chi connectivity index (χ0) is 15.1. The van der Waals surface area contributed by atoms with Crippen molar-refractivity contribution in [3.63, 3.8) is 0 Å². The molecule has 21 heavy (non-hydrogen) atoms. The van der Waals surface area contributed by atoms with Crippen LogP contribution in [0.2, 0.25) is 5.02 Å². The predicted octanol–water partition coefficient (Wildman–Crippen LogP) is 1.88. The first-order chi connectivity index (χ1) is 10.2. The van der Waals surface area contributed by atoms with Crippen molar-refractivity contribution >= 4 is 17.5 Å². The van der Waals surface area contributed by atoms with Crippen LogP contribution in [0.3, 0.4) is 0 Å². The Morgan fingerprint density at radius 3 is 2.90 bits per heavy atom. The highest BCUT2D eigenvalue weighted by Gasteiger charge is 2.08. The predicted molar refractivity (Wildman–Crippen MR) is 79.1 cm³/mol. The van der Waals surface area contributed by atoms with E-state index in [1.165, 1.54) is 0 Å². The third-order valence-corrected chi connectivity index (χ3v) is 2.78. The quantitative estimate of drug-likeness (QED) is 0.765. The summed E-state index contributed by atoms with van der Waals surface area (Å²) in [6, 6.07) is 7.02. The van der Waals surface area contributed by atoms with E-state index in [9.17, 15) is 4.79 Å². The van der Waals surface area contributed by atoms with E-state index in [0.29, 0.717) is 29.0 Å². The number of carbonyl (C=O) groups is 1. The van der Waals surface area contributed by atoms with Gasteiger partial charge in [0.05, 0.1) is 6.42 Å². The van der Waals surface area contributed by atoms with Crippen LogP contribution in [-0.2, 0) is 17.8 Å². The fraction of sp³-hybridized carbons (Fsp3) is 0.214. The number of aromatic amines is 1. The van der Waals surface area contributed by atoms with Crippen LogP contribution in [0.4, 0.5) is 0 Å². The number of H-pyrrole nitrogens is 1. The van der Waals surface area contributed by atoms with Crippen LogP contribution in [0.15, 0.2) is 36.9 Å². The summed E-state index contributed by atoms with van der Waals surface area (Å²) in [5.74, 6) is 1.50. The van der Waals surface area contributed by atoms with Gasteiger partial charge in [-0.3, -0.25) is 9.89 Å². The van der Waals surface area contributed by atoms with Crippen molar-refractivity contribution in [1.82, 2.24) is 20.5 Å². The van der Waals surface area contributed by atoms with Gasteiger partial charge < -0.3 is 10.1 Å². The van der Waals surface area contributed by atoms with Crippen LogP contribution >= 0.6 is 11.6 Å². The Morgan fingerprint density at radius 2 is 2.19 bits per heavy atom. The maximum Gasteiger partial charge on any atom is 0.227 e. The van der Waals surface area contributed by atoms with Crippen LogP contribution in [-0.4, -0.2) is 27.6 Å². The zero-order valence-electron chi connectivity index (χ0n) is 11.3. The van der Waals surface area contributed by atoms with Crippen molar-refractivity contribution in [1.29, 1.82) is 0 Å². The first-order valence-corrected chi connectivity index (χ1v) is 6.71. The maximum absolute atomic E-state index is 11.5. The van der Waals surface area contributed by atoms with Gasteiger partial charge in [0.1, 0.15) is 12.4 Å². The molecule has 0 aliphatic rings. The Balaban J connectivity index is 1.84. The number of halogens is 1. The molecule has 0 aliphatic heterocycles. The lowest BCUT2D eigenvalue weighted by Crippen LogP contribution is -2.25. The van der Waals surface area contributed by atoms with E-state index in [2.05, 4.69) is 27.1 Å². The molecule has 1 amide bonds. The molecule has 0 saturated heterocycles. The van der Waals surface area contributed by atoms with Crippen LogP contribution in [0.5, 0.6) is 5.75 Å². The van der Waals surface area contributed by atoms with E-state index in [0.717, 1.165) is 0 Å². The Hall–Kier alpha value is -2.34. The van der Waals surface area contributed by atoms with E-state index >= 15 is 0 Å². The summed E-state index contributed by atoms with van der Waals surface area (Å²) in [6.07, 6.45) is 1.73. The van der Waals surface area contributed by atoms with Crippen molar-refractivity contribution in [2.45, 2.75) is 13.0 Å². The van der Waals surface area contributed by atoms with Gasteiger partial charge in [0.25, 0.3) is 0 Å². The molecule has 2 aromatic rings. The molecule has 0 unspecified atom stereocenters. The Morgan fingerprint density at radius 1 is 1.43 bits per heavy atom. The largest absolute Gasteiger partial charge is 0.486 e. The summed E-state index contributed by atoms with van der Waals surface area (Å²) in [6.45, 7) is 4.19. The van der Waals surface area contributed by atoms with Crippen molar-refractivity contribution < 1.29 is 9.53 Å². The number of benzene rings is 1. The number of hydrogen-bond donors (Lipinski definition) is 2. The van der Waals surface area contributed by atoms with Crippen LogP contribution in [0.1, 0.15) is 11.6 Å². The first-order valence-electron chi connectivity index (χ1n) is 6.33. The number of amides is 1. The molecule has 0 fully saturated rings. The molecule has 0 radical (unpaired) electrons. The van der Waals surface area contributed by atoms with Crippen LogP contribution in [0.25, 0.3) is 0 Å². The molecule has 6 nitrogen and oxygen atoms in total. The summed E-state index contributed by atoms with van der Waals surface area (Å²) >= 11 is 5.79. The molecule has 0 atom stereocenters. The number of nitrogens with zero attached hydrogens (tertiary/aromatic N) is 2. The molecule has 0 bridgehead atoms. The number of carbonyl (C=O) groups excluding carboxylic acids is 1. The molecular weight excluding hydrogens is 292 g/mol. The van der Waals surface area contributed by atoms with Gasteiger partial charge in [0, 0.05) is 11.6 Å². The monoisotopic (exact) mass is 306 g/mol. The normalized spacial score (nSPS) is 10.1. The molecule has 1 heterocycles. The minimum Gasteiger partial charge on any atom is -0.486 e. The molecule has 110 valence electrons. The summed E-state index contributed by atoms with van der Waals surface area (Å²) < 4.78 is 5.52. The lowest BCUT2D eigenvalue weighted by Gasteiger charge is -2.03. The van der Waals surface area contributed by atoms with E-state index < -0.39 is 0 Å². The molecular formula is C14H15ClN4O2. The lowest BCUT2D eigenvalue weighted by atomic mass is 10.3. The van der Waals surface area contributed by atoms with Gasteiger partial charge in [-0.25, -0.2) is 4.98 Å². The molecule has 0 spiro atoms. The third kappa shape index (κ3) is 4.92. The molecule has 0 aliphatic carbocycles. The molecule has 2 rings (SSSR count). The van der Waals surface area contributed by atoms with Crippen LogP contribution < -0.4 is 10.1 Å². The van der Waals surface area contributed by atoms with Crippen molar-refractivity contribution in [3.8, 4) is 5.75 Å². The van der Waals surface area contributed by atoms with Crippen LogP contribution in [0, 0.1) is 0 Å². The zero-order valence-corrected chi connectivity index (χ0v) is 12.1. The molecule has 1 aromatic carbocycles. The standard InChI is InChI=1S/C14H15ClN4O2/c1-2-7-16-14(20)8-12-17-13(19-18-12)9-21-11-5-3-10(15)4-6-11/h2-6H,1,7-9H2,(H,16,20)(H,17,18,19). The summed E-state index contributed by atoms with van der Waals surface area (Å²) in [5.41, 5.74) is 0. The van der Waals surface area contributed by atoms with Gasteiger partial charge in [-0.15, -0.1) is 6.58 Å². The number of rotatable bonds is 7. The van der Waals surface area contributed by atoms with Crippen molar-refractivity contribution in [3.05, 3.63) is 53.6 Å². The second-order valence-electron chi connectivity index (χ2n) is 4.21. The first kappa shape index (κ1) is 15.1. The average molecular weight is 307 g/mol. The Labute approximate surface area is 127 Å². The lowest BCUT2D eigenvalue weighted by molar-refractivity contribution is -0.120. The molecule has 7 heteroatoms. The third-order valence-electron chi connectivity index (χ3n) is 2.53. The fourth-order valence-corrected chi connectivity index (χ4v) is 1.68. The topological polar surface area (TPSA) is 79.9 Å². The molecule has 0 saturated carbocycles. The highest BCUT2D eigenvalue weighted by molar-refractivity contribution is 6.30. The average Bonchev–Trinajstić information content (AvgIpc) is 2.92. The number of nitrogens with one attached hydrogen (secondary N) is 2. The van der Waals surface area contributed by atoms with E-state index in [1.54, 1.807) is 30.3 Å². The Kier molecular flexibility index (Phi) is 5.34. The van der Waals surface area contributed by atoms with Gasteiger partial charge in [0.2, 0.25) is 5.91 Å². The summed E-state index contributed by atoms with van der Waals surface area (Å²) in [5, 5.41) is 10.0. The van der Waals surface area contributed by atoms with Gasteiger partial charge in [-0.05, 0) is 24.3 Å². The minimum absolute atomic E-state index is 0.116. The number of hydrogen-bond acceptors (Lipinski definition) is 4. The highest BCUT2D eigenvalue weighted by atomic mass is 35.5. The second kappa shape index (κ2) is 7.44. The van der Waals surface area contributed by atoms with E-state index in [1.807, 2.05) is 0 Å². The van der Waals surface area contributed by atoms with Gasteiger partial charge in [0.15, 0.2) is 11.6 Å². The van der Waals surface area contributed by atoms with E-state index in [4.69, 9.17) is 16.3 Å². The smallest absolute Gasteiger partial charge is 0.227 e. The SMILES string of the molecule is C=CCNC(=O)Cc1n[nH]c(COc2ccc(Cl)cc2)n1. The number of aromatic nitrogens is 3. The molecule has 1 aromatic heterocycles. The minimum atomic E-state index is -0.154. The maximum atomic E-state index is 11.5. The van der Waals surface area contributed by atoms with E-state index in [-0.39, 0.29) is 18.9 Å². The van der Waals surface area contributed by atoms with Crippen molar-refractivity contribution in [2.75, 3.05) is 6.54 Å². The van der Waals surface area contributed by atoms with Gasteiger partial charge >= 0.3 is 0 Å².